The molecule has 0 saturated carbocycles. The molecule has 0 heterocycles. The van der Waals surface area contributed by atoms with Gasteiger partial charge in [-0.3, -0.25) is 4.79 Å². The molecule has 0 aromatic heterocycles. The molecule has 23 heavy (non-hydrogen) atoms. The Hall–Kier alpha value is -2.14. The summed E-state index contributed by atoms with van der Waals surface area (Å²) in [5.41, 5.74) is 1.81. The summed E-state index contributed by atoms with van der Waals surface area (Å²) >= 11 is 1.52. The maximum Gasteiger partial charge on any atom is 0.237 e. The lowest BCUT2D eigenvalue weighted by Gasteiger charge is -2.15. The first-order valence-corrected chi connectivity index (χ1v) is 8.17. The quantitative estimate of drug-likeness (QED) is 0.809. The smallest absolute Gasteiger partial charge is 0.237 e. The zero-order valence-electron chi connectivity index (χ0n) is 13.8. The second-order valence-corrected chi connectivity index (χ2v) is 6.54. The van der Waals surface area contributed by atoms with Gasteiger partial charge in [-0.05, 0) is 38.1 Å². The molecule has 1 N–H and O–H groups in total. The van der Waals surface area contributed by atoms with Crippen molar-refractivity contribution in [3.8, 4) is 11.5 Å². The fourth-order valence-electron chi connectivity index (χ4n) is 2.02. The Kier molecular flexibility index (Phi) is 5.93. The van der Waals surface area contributed by atoms with E-state index in [0.29, 0.717) is 17.2 Å². The number of methoxy groups -OCH3 is 2. The van der Waals surface area contributed by atoms with Gasteiger partial charge in [-0.25, -0.2) is 0 Å². The molecule has 0 spiro atoms. The molecular weight excluding hydrogens is 310 g/mol. The predicted molar refractivity (Wildman–Crippen MR) is 94.7 cm³/mol. The zero-order chi connectivity index (χ0) is 16.8. The lowest BCUT2D eigenvalue weighted by Crippen LogP contribution is -2.22. The van der Waals surface area contributed by atoms with Crippen molar-refractivity contribution in [2.45, 2.75) is 24.0 Å². The second kappa shape index (κ2) is 7.92. The number of benzene rings is 2. The number of amides is 1. The van der Waals surface area contributed by atoms with Gasteiger partial charge in [-0.2, -0.15) is 0 Å². The van der Waals surface area contributed by atoms with Crippen molar-refractivity contribution >= 4 is 23.4 Å². The number of hydrogen-bond acceptors (Lipinski definition) is 4. The lowest BCUT2D eigenvalue weighted by atomic mass is 10.2. The molecule has 5 heteroatoms. The maximum absolute atomic E-state index is 12.4. The molecule has 0 bridgehead atoms. The summed E-state index contributed by atoms with van der Waals surface area (Å²) in [7, 11) is 3.16. The Bertz CT molecular complexity index is 670. The highest BCUT2D eigenvalue weighted by Crippen LogP contribution is 2.30. The Morgan fingerprint density at radius 2 is 1.78 bits per heavy atom. The zero-order valence-corrected chi connectivity index (χ0v) is 14.6. The van der Waals surface area contributed by atoms with E-state index in [1.807, 2.05) is 38.1 Å². The first-order chi connectivity index (χ1) is 11.0. The molecule has 2 rings (SSSR count). The van der Waals surface area contributed by atoms with Crippen LogP contribution in [0.3, 0.4) is 0 Å². The Balaban J connectivity index is 2.07. The van der Waals surface area contributed by atoms with Gasteiger partial charge in [0, 0.05) is 11.0 Å². The summed E-state index contributed by atoms with van der Waals surface area (Å²) in [6, 6.07) is 13.4. The van der Waals surface area contributed by atoms with E-state index in [9.17, 15) is 4.79 Å². The molecule has 1 atom stereocenters. The molecule has 0 aliphatic rings. The van der Waals surface area contributed by atoms with Gasteiger partial charge >= 0.3 is 0 Å². The molecule has 4 nitrogen and oxygen atoms in total. The molecule has 1 amide bonds. The number of nitrogens with one attached hydrogen (secondary N) is 1. The van der Waals surface area contributed by atoms with Crippen LogP contribution in [-0.2, 0) is 4.79 Å². The Morgan fingerprint density at radius 1 is 1.09 bits per heavy atom. The van der Waals surface area contributed by atoms with Crippen LogP contribution in [0.2, 0.25) is 0 Å². The highest BCUT2D eigenvalue weighted by atomic mass is 32.2. The van der Waals surface area contributed by atoms with Crippen LogP contribution in [0.25, 0.3) is 0 Å². The minimum atomic E-state index is -0.228. The van der Waals surface area contributed by atoms with Crippen molar-refractivity contribution in [2.75, 3.05) is 19.5 Å². The van der Waals surface area contributed by atoms with Gasteiger partial charge in [0.2, 0.25) is 5.91 Å². The van der Waals surface area contributed by atoms with Crippen molar-refractivity contribution in [3.05, 3.63) is 48.0 Å². The van der Waals surface area contributed by atoms with Gasteiger partial charge < -0.3 is 14.8 Å². The molecule has 0 saturated heterocycles. The topological polar surface area (TPSA) is 47.6 Å². The number of thioether (sulfide) groups is 1. The van der Waals surface area contributed by atoms with Crippen LogP contribution < -0.4 is 14.8 Å². The monoisotopic (exact) mass is 331 g/mol. The highest BCUT2D eigenvalue weighted by molar-refractivity contribution is 8.00. The van der Waals surface area contributed by atoms with Gasteiger partial charge in [0.15, 0.2) is 0 Å². The maximum atomic E-state index is 12.4. The normalized spacial score (nSPS) is 11.7. The van der Waals surface area contributed by atoms with Crippen molar-refractivity contribution in [1.82, 2.24) is 0 Å². The van der Waals surface area contributed by atoms with Gasteiger partial charge in [0.05, 0.1) is 25.2 Å². The summed E-state index contributed by atoms with van der Waals surface area (Å²) < 4.78 is 10.5. The van der Waals surface area contributed by atoms with Gasteiger partial charge in [0.1, 0.15) is 11.5 Å². The van der Waals surface area contributed by atoms with Crippen molar-refractivity contribution in [2.24, 2.45) is 0 Å². The Morgan fingerprint density at radius 3 is 2.39 bits per heavy atom. The van der Waals surface area contributed by atoms with E-state index < -0.39 is 0 Å². The number of anilines is 1. The fourth-order valence-corrected chi connectivity index (χ4v) is 2.89. The van der Waals surface area contributed by atoms with Crippen molar-refractivity contribution in [1.29, 1.82) is 0 Å². The van der Waals surface area contributed by atoms with Crippen molar-refractivity contribution in [3.63, 3.8) is 0 Å². The average Bonchev–Trinajstić information content (AvgIpc) is 2.56. The standard InChI is InChI=1S/C18H21NO3S/c1-12-5-8-15(9-6-12)23-13(2)18(20)19-16-11-14(21-3)7-10-17(16)22-4/h5-11,13H,1-4H3,(H,19,20). The third-order valence-corrected chi connectivity index (χ3v) is 4.48. The van der Waals surface area contributed by atoms with Crippen LogP contribution >= 0.6 is 11.8 Å². The number of ether oxygens (including phenoxy) is 2. The molecule has 0 aliphatic carbocycles. The second-order valence-electron chi connectivity index (χ2n) is 5.13. The number of rotatable bonds is 6. The van der Waals surface area contributed by atoms with E-state index in [2.05, 4.69) is 5.32 Å². The molecule has 0 radical (unpaired) electrons. The number of aryl methyl sites for hydroxylation is 1. The average molecular weight is 331 g/mol. The number of carbonyl (C=O) groups excluding carboxylic acids is 1. The third-order valence-electron chi connectivity index (χ3n) is 3.37. The van der Waals surface area contributed by atoms with E-state index >= 15 is 0 Å². The van der Waals surface area contributed by atoms with Crippen LogP contribution in [0.15, 0.2) is 47.4 Å². The van der Waals surface area contributed by atoms with Crippen LogP contribution in [-0.4, -0.2) is 25.4 Å². The summed E-state index contributed by atoms with van der Waals surface area (Å²) in [6.45, 7) is 3.92. The first kappa shape index (κ1) is 17.2. The minimum absolute atomic E-state index is 0.0814. The number of hydrogen-bond donors (Lipinski definition) is 1. The Labute approximate surface area is 141 Å². The summed E-state index contributed by atoms with van der Waals surface area (Å²) in [6.07, 6.45) is 0. The SMILES string of the molecule is COc1ccc(OC)c(NC(=O)C(C)Sc2ccc(C)cc2)c1. The summed E-state index contributed by atoms with van der Waals surface area (Å²) in [5, 5.41) is 2.67. The number of carbonyl (C=O) groups is 1. The molecule has 2 aromatic carbocycles. The van der Waals surface area contributed by atoms with Gasteiger partial charge in [0.25, 0.3) is 0 Å². The molecule has 122 valence electrons. The van der Waals surface area contributed by atoms with Crippen molar-refractivity contribution < 1.29 is 14.3 Å². The molecule has 0 fully saturated rings. The first-order valence-electron chi connectivity index (χ1n) is 7.29. The summed E-state index contributed by atoms with van der Waals surface area (Å²) in [4.78, 5) is 13.5. The fraction of sp³-hybridized carbons (Fsp3) is 0.278. The predicted octanol–water partition coefficient (Wildman–Crippen LogP) is 4.13. The third kappa shape index (κ3) is 4.66. The summed E-state index contributed by atoms with van der Waals surface area (Å²) in [5.74, 6) is 1.19. The molecule has 1 unspecified atom stereocenters. The molecular formula is C18H21NO3S. The molecule has 0 aliphatic heterocycles. The highest BCUT2D eigenvalue weighted by Gasteiger charge is 2.16. The van der Waals surface area contributed by atoms with E-state index in [4.69, 9.17) is 9.47 Å². The van der Waals surface area contributed by atoms with Gasteiger partial charge in [-0.1, -0.05) is 17.7 Å². The van der Waals surface area contributed by atoms with E-state index in [-0.39, 0.29) is 11.2 Å². The van der Waals surface area contributed by atoms with Gasteiger partial charge in [-0.15, -0.1) is 11.8 Å². The van der Waals surface area contributed by atoms with Crippen LogP contribution in [0.5, 0.6) is 11.5 Å². The van der Waals surface area contributed by atoms with Crippen LogP contribution in [0.1, 0.15) is 12.5 Å². The van der Waals surface area contributed by atoms with E-state index in [1.165, 1.54) is 17.3 Å². The minimum Gasteiger partial charge on any atom is -0.497 e. The van der Waals surface area contributed by atoms with Crippen LogP contribution in [0, 0.1) is 6.92 Å². The lowest BCUT2D eigenvalue weighted by molar-refractivity contribution is -0.115. The van der Waals surface area contributed by atoms with E-state index in [0.717, 1.165) is 4.90 Å². The molecule has 2 aromatic rings. The largest absolute Gasteiger partial charge is 0.497 e. The van der Waals surface area contributed by atoms with E-state index in [1.54, 1.807) is 32.4 Å². The van der Waals surface area contributed by atoms with Crippen LogP contribution in [0.4, 0.5) is 5.69 Å².